The van der Waals surface area contributed by atoms with E-state index in [2.05, 4.69) is 50.6 Å². The summed E-state index contributed by atoms with van der Waals surface area (Å²) in [6.07, 6.45) is 20.4. The molecule has 7 atom stereocenters. The predicted molar refractivity (Wildman–Crippen MR) is 211 cm³/mol. The Balaban J connectivity index is 1.23. The van der Waals surface area contributed by atoms with E-state index >= 15 is 0 Å². The first kappa shape index (κ1) is 39.2. The Labute approximate surface area is 323 Å². The van der Waals surface area contributed by atoms with Crippen molar-refractivity contribution < 1.29 is 22.7 Å². The molecule has 292 valence electrons. The molecular formula is C42H61ClN4O5S. The number of amides is 1. The van der Waals surface area contributed by atoms with Crippen LogP contribution < -0.4 is 4.72 Å². The maximum atomic E-state index is 13.7. The molecule has 2 saturated heterocycles. The number of hydrogen-bond acceptors (Lipinski definition) is 8. The summed E-state index contributed by atoms with van der Waals surface area (Å²) in [6, 6.07) is 6.46. The Bertz CT molecular complexity index is 1650. The lowest BCUT2D eigenvalue weighted by atomic mass is 9.63. The molecule has 1 aromatic rings. The summed E-state index contributed by atoms with van der Waals surface area (Å²) in [6.45, 7) is 12.1. The molecule has 4 aliphatic heterocycles. The smallest absolute Gasteiger partial charge is 0.264 e. The zero-order valence-electron chi connectivity index (χ0n) is 31.9. The van der Waals surface area contributed by atoms with E-state index in [-0.39, 0.29) is 12.1 Å². The number of rotatable bonds is 5. The molecule has 2 aliphatic carbocycles. The summed E-state index contributed by atoms with van der Waals surface area (Å²) in [7, 11) is -3.90. The lowest BCUT2D eigenvalue weighted by molar-refractivity contribution is -0.123. The van der Waals surface area contributed by atoms with Crippen LogP contribution in [0.3, 0.4) is 0 Å². The second kappa shape index (κ2) is 17.4. The Hall–Kier alpha value is -2.05. The van der Waals surface area contributed by atoms with Crippen molar-refractivity contribution in [1.29, 1.82) is 0 Å². The van der Waals surface area contributed by atoms with Gasteiger partial charge in [-0.2, -0.15) is 0 Å². The molecule has 1 aromatic carbocycles. The normalized spacial score (nSPS) is 35.3. The number of carbonyl (C=O) groups is 1. The number of benzene rings is 1. The fraction of sp³-hybridized carbons (Fsp3) is 0.690. The molecule has 9 nitrogen and oxygen atoms in total. The van der Waals surface area contributed by atoms with Gasteiger partial charge in [0.1, 0.15) is 5.60 Å². The van der Waals surface area contributed by atoms with Gasteiger partial charge in [-0.25, -0.2) is 13.1 Å². The lowest BCUT2D eigenvalue weighted by Crippen LogP contribution is -2.61. The molecule has 1 saturated carbocycles. The van der Waals surface area contributed by atoms with Gasteiger partial charge >= 0.3 is 0 Å². The highest BCUT2D eigenvalue weighted by atomic mass is 35.5. The maximum absolute atomic E-state index is 13.7. The topological polar surface area (TPSA) is 91.4 Å². The van der Waals surface area contributed by atoms with Crippen molar-refractivity contribution in [1.82, 2.24) is 19.4 Å². The largest absolute Gasteiger partial charge is 0.370 e. The molecule has 0 aromatic heterocycles. The van der Waals surface area contributed by atoms with E-state index in [9.17, 15) is 13.2 Å². The zero-order valence-corrected chi connectivity index (χ0v) is 33.5. The first-order valence-corrected chi connectivity index (χ1v) is 22.5. The van der Waals surface area contributed by atoms with Gasteiger partial charge in [0.05, 0.1) is 24.0 Å². The molecule has 0 radical (unpaired) electrons. The molecule has 6 aliphatic rings. The minimum Gasteiger partial charge on any atom is -0.370 e. The van der Waals surface area contributed by atoms with Gasteiger partial charge in [0, 0.05) is 56.0 Å². The van der Waals surface area contributed by atoms with Crippen LogP contribution in [0.2, 0.25) is 5.02 Å². The quantitative estimate of drug-likeness (QED) is 0.351. The van der Waals surface area contributed by atoms with Crippen LogP contribution in [-0.4, -0.2) is 110 Å². The summed E-state index contributed by atoms with van der Waals surface area (Å²) in [4.78, 5) is 21.6. The number of nitrogens with zero attached hydrogens (tertiary/aromatic N) is 3. The van der Waals surface area contributed by atoms with E-state index in [1.807, 2.05) is 25.1 Å². The Morgan fingerprint density at radius 1 is 0.981 bits per heavy atom. The second-order valence-corrected chi connectivity index (χ2v) is 18.7. The van der Waals surface area contributed by atoms with Crippen LogP contribution in [0, 0.1) is 11.8 Å². The third-order valence-electron chi connectivity index (χ3n) is 13.1. The van der Waals surface area contributed by atoms with Crippen LogP contribution >= 0.6 is 11.6 Å². The molecule has 3 unspecified atom stereocenters. The van der Waals surface area contributed by atoms with E-state index in [4.69, 9.17) is 21.1 Å². The summed E-state index contributed by atoms with van der Waals surface area (Å²) in [5, 5.41) is 0.0648. The molecule has 7 rings (SSSR count). The number of sulfonamides is 1. The van der Waals surface area contributed by atoms with Gasteiger partial charge in [-0.3, -0.25) is 19.5 Å². The molecule has 1 amide bonds. The van der Waals surface area contributed by atoms with Crippen LogP contribution in [0.15, 0.2) is 54.2 Å². The Morgan fingerprint density at radius 2 is 1.83 bits per heavy atom. The number of piperazine rings is 1. The van der Waals surface area contributed by atoms with Crippen LogP contribution in [0.25, 0.3) is 0 Å². The Morgan fingerprint density at radius 3 is 2.64 bits per heavy atom. The third-order valence-corrected chi connectivity index (χ3v) is 15.2. The number of fused-ring (bicyclic) bond motifs is 3. The monoisotopic (exact) mass is 768 g/mol. The highest BCUT2D eigenvalue weighted by Gasteiger charge is 2.49. The number of carbonyl (C=O) groups excluding carboxylic acids is 1. The molecule has 1 N–H and O–H groups in total. The molecule has 0 spiro atoms. The van der Waals surface area contributed by atoms with Gasteiger partial charge in [0.15, 0.2) is 0 Å². The SMILES string of the molecule is CCO[C@@]1(CN2CCN3CCCC[C@@H]3C2)/C=C/CCC(CC)S(=O)(=O)NC(=O)C2=CC3C(C=C2)OCc2ccc(Cl)cc2CCCCN3C[C@@H]2CC[C@H]21. The molecule has 4 heterocycles. The maximum Gasteiger partial charge on any atom is 0.264 e. The predicted octanol–water partition coefficient (Wildman–Crippen LogP) is 6.27. The molecule has 11 heteroatoms. The molecular weight excluding hydrogens is 708 g/mol. The highest BCUT2D eigenvalue weighted by molar-refractivity contribution is 7.90. The summed E-state index contributed by atoms with van der Waals surface area (Å²) in [5.41, 5.74) is 2.28. The van der Waals surface area contributed by atoms with Crippen molar-refractivity contribution in [2.45, 2.75) is 120 Å². The number of halogens is 1. The number of hydrogen-bond donors (Lipinski definition) is 1. The average Bonchev–Trinajstić information content (AvgIpc) is 3.16. The van der Waals surface area contributed by atoms with Crippen molar-refractivity contribution >= 4 is 27.5 Å². The fourth-order valence-electron chi connectivity index (χ4n) is 10.0. The number of nitrogens with one attached hydrogen (secondary N) is 1. The van der Waals surface area contributed by atoms with Crippen LogP contribution in [0.4, 0.5) is 0 Å². The van der Waals surface area contributed by atoms with Gasteiger partial charge in [-0.05, 0) is 119 Å². The minimum atomic E-state index is -3.90. The van der Waals surface area contributed by atoms with E-state index in [1.165, 1.54) is 31.4 Å². The van der Waals surface area contributed by atoms with Crippen molar-refractivity contribution in [3.05, 3.63) is 70.3 Å². The fourth-order valence-corrected chi connectivity index (χ4v) is 11.7. The van der Waals surface area contributed by atoms with Gasteiger partial charge in [0.25, 0.3) is 5.91 Å². The lowest BCUT2D eigenvalue weighted by Gasteiger charge is -2.53. The van der Waals surface area contributed by atoms with Crippen LogP contribution in [0.1, 0.15) is 89.2 Å². The summed E-state index contributed by atoms with van der Waals surface area (Å²) in [5.74, 6) is 0.179. The standard InChI is InChI=1S/C42H61ClN4O5S/c1-3-37-13-5-8-20-42(52-4-2,30-45-23-24-46-21-10-7-12-36(46)28-45)38-18-15-33(38)27-47-22-9-6-11-31-25-35(43)17-14-34(31)29-51-40-19-16-32(26-39(40)47)41(48)44-53(37,49)50/h8,14,16-17,19-20,25-26,33,36-40H,3-7,9-13,15,18,21-24,27-30H2,1-2H3,(H,44,48)/b20-8+/t33-,36+,37?,38+,39?,40?,42+/m0/s1. The third kappa shape index (κ3) is 9.00. The van der Waals surface area contributed by atoms with E-state index in [1.54, 1.807) is 6.08 Å². The van der Waals surface area contributed by atoms with Gasteiger partial charge in [-0.15, -0.1) is 0 Å². The molecule has 53 heavy (non-hydrogen) atoms. The minimum absolute atomic E-state index is 0.218. The number of piperidine rings is 1. The van der Waals surface area contributed by atoms with Gasteiger partial charge in [0.2, 0.25) is 10.0 Å². The first-order chi connectivity index (χ1) is 25.7. The van der Waals surface area contributed by atoms with Crippen LogP contribution in [0.5, 0.6) is 0 Å². The Kier molecular flexibility index (Phi) is 12.9. The summed E-state index contributed by atoms with van der Waals surface area (Å²) < 4.78 is 43.5. The van der Waals surface area contributed by atoms with Crippen molar-refractivity contribution in [3.8, 4) is 0 Å². The number of ether oxygens (including phenoxy) is 2. The number of allylic oxidation sites excluding steroid dienone is 1. The zero-order chi connectivity index (χ0) is 37.0. The number of aryl methyl sites for hydroxylation is 1. The van der Waals surface area contributed by atoms with E-state index in [0.29, 0.717) is 55.9 Å². The van der Waals surface area contributed by atoms with E-state index in [0.717, 1.165) is 82.0 Å². The highest BCUT2D eigenvalue weighted by Crippen LogP contribution is 2.46. The average molecular weight is 769 g/mol. The molecule has 2 bridgehead atoms. The molecule has 3 fully saturated rings. The first-order valence-electron chi connectivity index (χ1n) is 20.5. The van der Waals surface area contributed by atoms with Gasteiger partial charge < -0.3 is 9.47 Å². The van der Waals surface area contributed by atoms with Crippen LogP contribution in [-0.2, 0) is 37.3 Å². The summed E-state index contributed by atoms with van der Waals surface area (Å²) >= 11 is 6.43. The van der Waals surface area contributed by atoms with Crippen molar-refractivity contribution in [2.75, 3.05) is 52.4 Å². The van der Waals surface area contributed by atoms with E-state index < -0.39 is 26.8 Å². The second-order valence-electron chi connectivity index (χ2n) is 16.4. The van der Waals surface area contributed by atoms with Crippen molar-refractivity contribution in [2.24, 2.45) is 11.8 Å². The van der Waals surface area contributed by atoms with Crippen molar-refractivity contribution in [3.63, 3.8) is 0 Å². The van der Waals surface area contributed by atoms with Gasteiger partial charge in [-0.1, -0.05) is 61.4 Å².